The second-order valence-electron chi connectivity index (χ2n) is 7.91. The van der Waals surface area contributed by atoms with E-state index in [0.717, 1.165) is 24.5 Å². The van der Waals surface area contributed by atoms with E-state index in [0.29, 0.717) is 59.1 Å². The van der Waals surface area contributed by atoms with Crippen LogP contribution in [-0.2, 0) is 15.9 Å². The van der Waals surface area contributed by atoms with Gasteiger partial charge in [0.25, 0.3) is 0 Å². The lowest BCUT2D eigenvalue weighted by Gasteiger charge is -2.29. The Labute approximate surface area is 206 Å². The first-order valence-corrected chi connectivity index (χ1v) is 13.0. The number of benzene rings is 2. The van der Waals surface area contributed by atoms with Gasteiger partial charge < -0.3 is 34.5 Å². The van der Waals surface area contributed by atoms with E-state index in [1.54, 1.807) is 12.6 Å². The van der Waals surface area contributed by atoms with Gasteiger partial charge in [-0.1, -0.05) is 12.1 Å². The fourth-order valence-electron chi connectivity index (χ4n) is 3.95. The van der Waals surface area contributed by atoms with Gasteiger partial charge in [-0.05, 0) is 42.4 Å². The van der Waals surface area contributed by atoms with Gasteiger partial charge >= 0.3 is 0 Å². The number of para-hydroxylation sites is 1. The number of hydrogen-bond acceptors (Lipinski definition) is 9. The minimum absolute atomic E-state index is 0.374. The summed E-state index contributed by atoms with van der Waals surface area (Å²) < 4.78 is 23.6. The van der Waals surface area contributed by atoms with Gasteiger partial charge in [-0.3, -0.25) is 0 Å². The molecule has 35 heavy (non-hydrogen) atoms. The second-order valence-corrected chi connectivity index (χ2v) is 9.26. The molecule has 1 unspecified atom stereocenters. The summed E-state index contributed by atoms with van der Waals surface area (Å²) in [6, 6.07) is 13.5. The van der Waals surface area contributed by atoms with Gasteiger partial charge in [0.15, 0.2) is 21.9 Å². The van der Waals surface area contributed by atoms with Crippen LogP contribution in [0.3, 0.4) is 0 Å². The van der Waals surface area contributed by atoms with Crippen LogP contribution in [0.4, 0.5) is 28.8 Å². The van der Waals surface area contributed by atoms with E-state index < -0.39 is 11.2 Å². The van der Waals surface area contributed by atoms with Crippen LogP contribution in [0.2, 0.25) is 0 Å². The van der Waals surface area contributed by atoms with Crippen molar-refractivity contribution in [2.45, 2.75) is 11.8 Å². The molecule has 1 aliphatic rings. The van der Waals surface area contributed by atoms with E-state index in [2.05, 4.69) is 41.5 Å². The van der Waals surface area contributed by atoms with E-state index in [-0.39, 0.29) is 0 Å². The zero-order chi connectivity index (χ0) is 24.2. The molecule has 5 rings (SSSR count). The molecule has 1 atom stereocenters. The summed E-state index contributed by atoms with van der Waals surface area (Å²) in [7, 11) is 0. The van der Waals surface area contributed by atoms with Crippen molar-refractivity contribution in [3.05, 3.63) is 48.8 Å². The van der Waals surface area contributed by atoms with Gasteiger partial charge in [0.1, 0.15) is 12.0 Å². The zero-order valence-corrected chi connectivity index (χ0v) is 20.4. The van der Waals surface area contributed by atoms with Crippen molar-refractivity contribution >= 4 is 51.2 Å². The fraction of sp³-hybridized carbons (Fsp3) is 0.292. The lowest BCUT2D eigenvalue weighted by Crippen LogP contribution is -2.36. The third-order valence-corrected chi connectivity index (χ3v) is 6.59. The summed E-state index contributed by atoms with van der Waals surface area (Å²) in [4.78, 5) is 19.6. The van der Waals surface area contributed by atoms with Crippen LogP contribution in [0.1, 0.15) is 6.92 Å². The third-order valence-electron chi connectivity index (χ3n) is 5.62. The molecule has 1 fully saturated rings. The molecular weight excluding hydrogens is 466 g/mol. The number of nitrogens with zero attached hydrogens (tertiary/aromatic N) is 4. The van der Waals surface area contributed by atoms with Gasteiger partial charge in [-0.15, -0.1) is 0 Å². The lowest BCUT2D eigenvalue weighted by atomic mass is 10.2. The number of hydrogen-bond donors (Lipinski definition) is 3. The average molecular weight is 494 g/mol. The Balaban J connectivity index is 1.47. The second kappa shape index (κ2) is 10.4. The monoisotopic (exact) mass is 493 g/mol. The average Bonchev–Trinajstić information content (AvgIpc) is 3.35. The fourth-order valence-corrected chi connectivity index (χ4v) is 4.65. The number of morpholine rings is 1. The molecule has 0 spiro atoms. The number of H-pyrrole nitrogens is 1. The number of aromatic amines is 1. The van der Waals surface area contributed by atoms with Crippen molar-refractivity contribution in [2.24, 2.45) is 0 Å². The molecule has 0 amide bonds. The molecule has 10 nitrogen and oxygen atoms in total. The van der Waals surface area contributed by atoms with Crippen molar-refractivity contribution in [2.75, 3.05) is 54.7 Å². The van der Waals surface area contributed by atoms with Crippen molar-refractivity contribution in [3.63, 3.8) is 0 Å². The maximum Gasteiger partial charge on any atom is 0.231 e. The summed E-state index contributed by atoms with van der Waals surface area (Å²) in [6.07, 6.45) is 3.22. The van der Waals surface area contributed by atoms with Gasteiger partial charge in [-0.2, -0.15) is 9.97 Å². The van der Waals surface area contributed by atoms with Crippen LogP contribution in [0.5, 0.6) is 5.75 Å². The highest BCUT2D eigenvalue weighted by molar-refractivity contribution is 7.90. The van der Waals surface area contributed by atoms with Gasteiger partial charge in [0.2, 0.25) is 5.95 Å². The van der Waals surface area contributed by atoms with E-state index >= 15 is 0 Å². The molecule has 3 N–H and O–H groups in total. The van der Waals surface area contributed by atoms with E-state index in [4.69, 9.17) is 9.47 Å². The summed E-state index contributed by atoms with van der Waals surface area (Å²) in [5.74, 6) is 1.59. The SMILES string of the molecule is CCOc1cc(N2CCOCC2)ccc1Nc1nc(Nc2ccccc2[S+](C)[O-])c2nc[nH]c2n1. The topological polar surface area (TPSA) is 123 Å². The van der Waals surface area contributed by atoms with Crippen molar-refractivity contribution in [1.82, 2.24) is 19.9 Å². The number of aromatic nitrogens is 4. The van der Waals surface area contributed by atoms with Gasteiger partial charge in [0, 0.05) is 24.8 Å². The molecule has 11 heteroatoms. The lowest BCUT2D eigenvalue weighted by molar-refractivity contribution is 0.122. The Morgan fingerprint density at radius 3 is 2.74 bits per heavy atom. The Morgan fingerprint density at radius 1 is 1.11 bits per heavy atom. The predicted molar refractivity (Wildman–Crippen MR) is 138 cm³/mol. The molecule has 0 aliphatic carbocycles. The smallest absolute Gasteiger partial charge is 0.231 e. The van der Waals surface area contributed by atoms with Gasteiger partial charge in [-0.25, -0.2) is 4.98 Å². The quantitative estimate of drug-likeness (QED) is 0.314. The number of anilines is 5. The van der Waals surface area contributed by atoms with E-state index in [1.807, 2.05) is 43.3 Å². The summed E-state index contributed by atoms with van der Waals surface area (Å²) in [5, 5.41) is 6.58. The maximum absolute atomic E-state index is 12.2. The van der Waals surface area contributed by atoms with Gasteiger partial charge in [0.05, 0.1) is 37.5 Å². The number of ether oxygens (including phenoxy) is 2. The summed E-state index contributed by atoms with van der Waals surface area (Å²) in [5.41, 5.74) is 3.69. The molecule has 1 aliphatic heterocycles. The largest absolute Gasteiger partial charge is 0.612 e. The minimum atomic E-state index is -1.16. The molecule has 3 heterocycles. The molecular formula is C24H27N7O3S. The first-order chi connectivity index (χ1) is 17.1. The normalized spacial score (nSPS) is 14.7. The van der Waals surface area contributed by atoms with E-state index in [9.17, 15) is 4.55 Å². The van der Waals surface area contributed by atoms with Crippen molar-refractivity contribution in [3.8, 4) is 5.75 Å². The van der Waals surface area contributed by atoms with Crippen LogP contribution in [0.15, 0.2) is 53.7 Å². The van der Waals surface area contributed by atoms with Crippen LogP contribution < -0.4 is 20.3 Å². The number of rotatable bonds is 8. The number of imidazole rings is 1. The Bertz CT molecular complexity index is 1310. The maximum atomic E-state index is 12.2. The summed E-state index contributed by atoms with van der Waals surface area (Å²) in [6.45, 7) is 5.60. The Hall–Kier alpha value is -3.54. The Morgan fingerprint density at radius 2 is 1.94 bits per heavy atom. The van der Waals surface area contributed by atoms with Crippen LogP contribution in [0, 0.1) is 0 Å². The molecule has 4 aromatic rings. The molecule has 0 radical (unpaired) electrons. The van der Waals surface area contributed by atoms with Crippen LogP contribution in [-0.4, -0.2) is 63.7 Å². The zero-order valence-electron chi connectivity index (χ0n) is 19.6. The van der Waals surface area contributed by atoms with Crippen molar-refractivity contribution < 1.29 is 14.0 Å². The highest BCUT2D eigenvalue weighted by Crippen LogP contribution is 2.33. The summed E-state index contributed by atoms with van der Waals surface area (Å²) >= 11 is -1.16. The highest BCUT2D eigenvalue weighted by Gasteiger charge is 2.18. The number of nitrogens with one attached hydrogen (secondary N) is 3. The van der Waals surface area contributed by atoms with Crippen LogP contribution >= 0.6 is 0 Å². The first kappa shape index (κ1) is 23.2. The first-order valence-electron chi connectivity index (χ1n) is 11.4. The molecule has 2 aromatic heterocycles. The van der Waals surface area contributed by atoms with Crippen molar-refractivity contribution in [1.29, 1.82) is 0 Å². The standard InChI is InChI=1S/C24H27N7O3S/c1-3-34-19-14-16(31-10-12-33-13-11-31)8-9-17(19)28-24-29-22-21(25-15-26-22)23(30-24)27-18-6-4-5-7-20(18)35(2)32/h4-9,14-15H,3,10-13H2,1-2H3,(H3,25,26,27,28,29,30). The molecule has 0 bridgehead atoms. The van der Waals surface area contributed by atoms with E-state index in [1.165, 1.54) is 0 Å². The third kappa shape index (κ3) is 5.11. The van der Waals surface area contributed by atoms with Crippen LogP contribution in [0.25, 0.3) is 11.2 Å². The Kier molecular flexibility index (Phi) is 6.89. The predicted octanol–water partition coefficient (Wildman–Crippen LogP) is 3.81. The molecule has 0 saturated carbocycles. The minimum Gasteiger partial charge on any atom is -0.612 e. The molecule has 1 saturated heterocycles. The molecule has 2 aromatic carbocycles. The highest BCUT2D eigenvalue weighted by atomic mass is 32.2. The molecule has 182 valence electrons. The number of fused-ring (bicyclic) bond motifs is 1.